The fraction of sp³-hybridized carbons (Fsp3) is 0.143. The molecule has 0 saturated heterocycles. The van der Waals surface area contributed by atoms with Crippen molar-refractivity contribution < 1.29 is 9.13 Å². The van der Waals surface area contributed by atoms with Crippen LogP contribution in [-0.2, 0) is 0 Å². The largest absolute Gasteiger partial charge is 0.454 e. The van der Waals surface area contributed by atoms with E-state index in [0.717, 1.165) is 11.1 Å². The second-order valence-electron chi connectivity index (χ2n) is 4.06. The number of rotatable bonds is 2. The Hall–Kier alpha value is -2.03. The van der Waals surface area contributed by atoms with Crippen LogP contribution in [-0.4, -0.2) is 0 Å². The first-order valence-electron chi connectivity index (χ1n) is 5.36. The normalized spacial score (nSPS) is 10.3. The van der Waals surface area contributed by atoms with Gasteiger partial charge < -0.3 is 10.5 Å². The molecule has 2 N–H and O–H groups in total. The molecule has 0 spiro atoms. The van der Waals surface area contributed by atoms with Gasteiger partial charge in [-0.1, -0.05) is 12.1 Å². The van der Waals surface area contributed by atoms with Gasteiger partial charge in [0.25, 0.3) is 0 Å². The van der Waals surface area contributed by atoms with Crippen LogP contribution in [0.3, 0.4) is 0 Å². The quantitative estimate of drug-likeness (QED) is 0.797. The minimum absolute atomic E-state index is 0.188. The molecule has 2 aromatic carbocycles. The summed E-state index contributed by atoms with van der Waals surface area (Å²) in [5.41, 5.74) is 7.90. The van der Waals surface area contributed by atoms with Crippen molar-refractivity contribution in [1.82, 2.24) is 0 Å². The van der Waals surface area contributed by atoms with Crippen LogP contribution < -0.4 is 10.5 Å². The number of nitrogens with two attached hydrogens (primary N) is 1. The third kappa shape index (κ3) is 2.56. The molecule has 0 aliphatic heterocycles. The van der Waals surface area contributed by atoms with E-state index in [1.807, 2.05) is 32.0 Å². The van der Waals surface area contributed by atoms with Crippen LogP contribution in [0.2, 0.25) is 0 Å². The number of halogens is 1. The van der Waals surface area contributed by atoms with E-state index in [2.05, 4.69) is 0 Å². The zero-order valence-electron chi connectivity index (χ0n) is 9.83. The van der Waals surface area contributed by atoms with E-state index in [1.165, 1.54) is 12.1 Å². The average Bonchev–Trinajstić information content (AvgIpc) is 2.27. The minimum Gasteiger partial charge on any atom is -0.454 e. The number of aryl methyl sites for hydroxylation is 2. The number of ether oxygens (including phenoxy) is 1. The summed E-state index contributed by atoms with van der Waals surface area (Å²) in [4.78, 5) is 0. The zero-order valence-corrected chi connectivity index (χ0v) is 9.83. The van der Waals surface area contributed by atoms with Crippen LogP contribution in [0, 0.1) is 19.7 Å². The molecule has 3 heteroatoms. The monoisotopic (exact) mass is 231 g/mol. The van der Waals surface area contributed by atoms with E-state index in [0.29, 0.717) is 11.4 Å². The Morgan fingerprint density at radius 2 is 1.76 bits per heavy atom. The van der Waals surface area contributed by atoms with Crippen molar-refractivity contribution in [3.05, 3.63) is 53.3 Å². The number of hydrogen-bond acceptors (Lipinski definition) is 2. The molecule has 2 rings (SSSR count). The Morgan fingerprint density at radius 3 is 2.47 bits per heavy atom. The van der Waals surface area contributed by atoms with Gasteiger partial charge in [0, 0.05) is 11.8 Å². The van der Waals surface area contributed by atoms with Crippen molar-refractivity contribution in [3.63, 3.8) is 0 Å². The SMILES string of the molecule is Cc1ccc(C)c(Oc2ccc(N)cc2F)c1. The first kappa shape index (κ1) is 11.5. The van der Waals surface area contributed by atoms with Gasteiger partial charge in [-0.3, -0.25) is 0 Å². The summed E-state index contributed by atoms with van der Waals surface area (Å²) in [6, 6.07) is 10.2. The van der Waals surface area contributed by atoms with Gasteiger partial charge in [-0.25, -0.2) is 4.39 Å². The van der Waals surface area contributed by atoms with Gasteiger partial charge in [0.1, 0.15) is 5.75 Å². The molecule has 2 aromatic rings. The lowest BCUT2D eigenvalue weighted by molar-refractivity contribution is 0.439. The molecule has 0 unspecified atom stereocenters. The van der Waals surface area contributed by atoms with E-state index in [-0.39, 0.29) is 5.75 Å². The molecule has 0 heterocycles. The Balaban J connectivity index is 2.34. The molecule has 88 valence electrons. The Labute approximate surface area is 99.8 Å². The zero-order chi connectivity index (χ0) is 12.4. The van der Waals surface area contributed by atoms with Crippen molar-refractivity contribution in [2.45, 2.75) is 13.8 Å². The predicted molar refractivity (Wildman–Crippen MR) is 66.8 cm³/mol. The molecule has 17 heavy (non-hydrogen) atoms. The smallest absolute Gasteiger partial charge is 0.167 e. The van der Waals surface area contributed by atoms with Crippen molar-refractivity contribution >= 4 is 5.69 Å². The first-order valence-corrected chi connectivity index (χ1v) is 5.36. The maximum atomic E-state index is 13.6. The molecule has 2 nitrogen and oxygen atoms in total. The third-order valence-electron chi connectivity index (χ3n) is 2.52. The summed E-state index contributed by atoms with van der Waals surface area (Å²) < 4.78 is 19.1. The van der Waals surface area contributed by atoms with Gasteiger partial charge in [-0.15, -0.1) is 0 Å². The molecule has 0 radical (unpaired) electrons. The number of anilines is 1. The molecule has 0 bridgehead atoms. The summed E-state index contributed by atoms with van der Waals surface area (Å²) >= 11 is 0. The molecule has 0 aromatic heterocycles. The Kier molecular flexibility index (Phi) is 3.00. The number of benzene rings is 2. The average molecular weight is 231 g/mol. The summed E-state index contributed by atoms with van der Waals surface area (Å²) in [6.45, 7) is 3.88. The standard InChI is InChI=1S/C14H14FNO/c1-9-3-4-10(2)14(7-9)17-13-6-5-11(16)8-12(13)15/h3-8H,16H2,1-2H3. The number of hydrogen-bond donors (Lipinski definition) is 1. The highest BCUT2D eigenvalue weighted by atomic mass is 19.1. The molecular weight excluding hydrogens is 217 g/mol. The molecule has 0 saturated carbocycles. The predicted octanol–water partition coefficient (Wildman–Crippen LogP) is 3.82. The number of nitrogen functional groups attached to an aromatic ring is 1. The van der Waals surface area contributed by atoms with E-state index >= 15 is 0 Å². The summed E-state index contributed by atoms with van der Waals surface area (Å²) in [6.07, 6.45) is 0. The first-order chi connectivity index (χ1) is 8.06. The highest BCUT2D eigenvalue weighted by molar-refractivity contribution is 5.45. The van der Waals surface area contributed by atoms with E-state index in [1.54, 1.807) is 6.07 Å². The molecule has 0 amide bonds. The van der Waals surface area contributed by atoms with Gasteiger partial charge in [0.2, 0.25) is 0 Å². The maximum absolute atomic E-state index is 13.6. The fourth-order valence-electron chi connectivity index (χ4n) is 1.54. The van der Waals surface area contributed by atoms with Crippen molar-refractivity contribution in [2.24, 2.45) is 0 Å². The highest BCUT2D eigenvalue weighted by Gasteiger charge is 2.07. The Bertz CT molecular complexity index is 552. The Morgan fingerprint density at radius 1 is 1.00 bits per heavy atom. The maximum Gasteiger partial charge on any atom is 0.167 e. The third-order valence-corrected chi connectivity index (χ3v) is 2.52. The molecule has 0 aliphatic carbocycles. The van der Waals surface area contributed by atoms with Crippen LogP contribution >= 0.6 is 0 Å². The molecule has 0 aliphatic rings. The lowest BCUT2D eigenvalue weighted by Crippen LogP contribution is -1.93. The lowest BCUT2D eigenvalue weighted by atomic mass is 10.1. The summed E-state index contributed by atoms with van der Waals surface area (Å²) in [5, 5.41) is 0. The van der Waals surface area contributed by atoms with Gasteiger partial charge in [0.15, 0.2) is 11.6 Å². The second-order valence-corrected chi connectivity index (χ2v) is 4.06. The summed E-state index contributed by atoms with van der Waals surface area (Å²) in [5.74, 6) is 0.396. The van der Waals surface area contributed by atoms with Gasteiger partial charge in [-0.05, 0) is 43.2 Å². The van der Waals surface area contributed by atoms with Crippen LogP contribution in [0.4, 0.5) is 10.1 Å². The van der Waals surface area contributed by atoms with E-state index < -0.39 is 5.82 Å². The minimum atomic E-state index is -0.453. The van der Waals surface area contributed by atoms with Crippen LogP contribution in [0.25, 0.3) is 0 Å². The van der Waals surface area contributed by atoms with Crippen molar-refractivity contribution in [2.75, 3.05) is 5.73 Å². The van der Waals surface area contributed by atoms with E-state index in [9.17, 15) is 4.39 Å². The van der Waals surface area contributed by atoms with Crippen LogP contribution in [0.15, 0.2) is 36.4 Å². The topological polar surface area (TPSA) is 35.2 Å². The lowest BCUT2D eigenvalue weighted by Gasteiger charge is -2.10. The van der Waals surface area contributed by atoms with E-state index in [4.69, 9.17) is 10.5 Å². The van der Waals surface area contributed by atoms with Crippen molar-refractivity contribution in [1.29, 1.82) is 0 Å². The van der Waals surface area contributed by atoms with Crippen LogP contribution in [0.1, 0.15) is 11.1 Å². The molecular formula is C14H14FNO. The highest BCUT2D eigenvalue weighted by Crippen LogP contribution is 2.28. The fourth-order valence-corrected chi connectivity index (χ4v) is 1.54. The van der Waals surface area contributed by atoms with Gasteiger partial charge in [-0.2, -0.15) is 0 Å². The molecule has 0 atom stereocenters. The van der Waals surface area contributed by atoms with Gasteiger partial charge >= 0.3 is 0 Å². The second kappa shape index (κ2) is 4.45. The molecule has 0 fully saturated rings. The van der Waals surface area contributed by atoms with Crippen molar-refractivity contribution in [3.8, 4) is 11.5 Å². The van der Waals surface area contributed by atoms with Gasteiger partial charge in [0.05, 0.1) is 0 Å². The van der Waals surface area contributed by atoms with Crippen LogP contribution in [0.5, 0.6) is 11.5 Å². The summed E-state index contributed by atoms with van der Waals surface area (Å²) in [7, 11) is 0.